The fourth-order valence-corrected chi connectivity index (χ4v) is 2.59. The molecule has 0 aliphatic carbocycles. The van der Waals surface area contributed by atoms with Gasteiger partial charge >= 0.3 is 0 Å². The smallest absolute Gasteiger partial charge is 0.186 e. The first-order chi connectivity index (χ1) is 7.24. The molecule has 3 nitrogen and oxygen atoms in total. The second-order valence-electron chi connectivity index (χ2n) is 3.74. The molecule has 0 spiro atoms. The zero-order chi connectivity index (χ0) is 10.8. The maximum Gasteiger partial charge on any atom is 0.186 e. The van der Waals surface area contributed by atoms with E-state index >= 15 is 0 Å². The van der Waals surface area contributed by atoms with Crippen LogP contribution < -0.4 is 4.90 Å². The number of hydrogen-bond donors (Lipinski definition) is 0. The number of aryl methyl sites for hydroxylation is 1. The molecule has 5 heteroatoms. The van der Waals surface area contributed by atoms with Crippen LogP contribution in [-0.2, 0) is 0 Å². The van der Waals surface area contributed by atoms with Gasteiger partial charge in [0.15, 0.2) is 11.6 Å². The van der Waals surface area contributed by atoms with Crippen LogP contribution >= 0.6 is 15.9 Å². The van der Waals surface area contributed by atoms with Gasteiger partial charge in [0, 0.05) is 17.9 Å². The molecule has 0 bridgehead atoms. The predicted octanol–water partition coefficient (Wildman–Crippen LogP) is 2.29. The number of halogens is 2. The highest BCUT2D eigenvalue weighted by Crippen LogP contribution is 2.27. The first kappa shape index (κ1) is 10.8. The predicted molar refractivity (Wildman–Crippen MR) is 60.9 cm³/mol. The summed E-state index contributed by atoms with van der Waals surface area (Å²) in [5, 5.41) is 0.857. The lowest BCUT2D eigenvalue weighted by Gasteiger charge is -2.24. The van der Waals surface area contributed by atoms with Gasteiger partial charge in [-0.25, -0.2) is 14.4 Å². The fourth-order valence-electron chi connectivity index (χ4n) is 1.92. The van der Waals surface area contributed by atoms with Crippen LogP contribution in [0.5, 0.6) is 0 Å². The Morgan fingerprint density at radius 3 is 3.13 bits per heavy atom. The van der Waals surface area contributed by atoms with Crippen molar-refractivity contribution in [1.29, 1.82) is 0 Å². The van der Waals surface area contributed by atoms with E-state index in [1.807, 2.05) is 4.90 Å². The van der Waals surface area contributed by atoms with E-state index in [1.165, 1.54) is 6.33 Å². The molecule has 1 aromatic rings. The van der Waals surface area contributed by atoms with Crippen molar-refractivity contribution in [2.45, 2.75) is 25.8 Å². The quantitative estimate of drug-likeness (QED) is 0.775. The zero-order valence-electron chi connectivity index (χ0n) is 8.58. The Hall–Kier alpha value is -0.710. The van der Waals surface area contributed by atoms with Crippen molar-refractivity contribution in [3.8, 4) is 0 Å². The van der Waals surface area contributed by atoms with E-state index in [1.54, 1.807) is 6.92 Å². The maximum absolute atomic E-state index is 13.8. The van der Waals surface area contributed by atoms with Gasteiger partial charge in [-0.3, -0.25) is 0 Å². The number of rotatable bonds is 2. The lowest BCUT2D eigenvalue weighted by molar-refractivity contribution is 0.588. The number of hydrogen-bond acceptors (Lipinski definition) is 3. The lowest BCUT2D eigenvalue weighted by atomic mass is 10.2. The minimum Gasteiger partial charge on any atom is -0.350 e. The molecule has 82 valence electrons. The molecule has 1 aliphatic heterocycles. The molecular formula is C10H13BrFN3. The van der Waals surface area contributed by atoms with E-state index in [4.69, 9.17) is 0 Å². The Balaban J connectivity index is 2.32. The summed E-state index contributed by atoms with van der Waals surface area (Å²) >= 11 is 3.45. The number of alkyl halides is 1. The van der Waals surface area contributed by atoms with E-state index in [2.05, 4.69) is 25.9 Å². The molecule has 15 heavy (non-hydrogen) atoms. The largest absolute Gasteiger partial charge is 0.350 e. The molecule has 0 amide bonds. The van der Waals surface area contributed by atoms with Gasteiger partial charge < -0.3 is 4.90 Å². The average Bonchev–Trinajstić information content (AvgIpc) is 2.70. The van der Waals surface area contributed by atoms with Crippen LogP contribution in [0.1, 0.15) is 18.5 Å². The molecule has 1 aromatic heterocycles. The summed E-state index contributed by atoms with van der Waals surface area (Å²) in [5.74, 6) is 0.162. The minimum absolute atomic E-state index is 0.287. The van der Waals surface area contributed by atoms with E-state index in [9.17, 15) is 4.39 Å². The number of nitrogens with zero attached hydrogens (tertiary/aromatic N) is 3. The molecule has 1 unspecified atom stereocenters. The Bertz CT molecular complexity index is 359. The van der Waals surface area contributed by atoms with Crippen molar-refractivity contribution >= 4 is 21.7 Å². The monoisotopic (exact) mass is 273 g/mol. The van der Waals surface area contributed by atoms with E-state index < -0.39 is 0 Å². The molecule has 1 aliphatic rings. The highest BCUT2D eigenvalue weighted by atomic mass is 79.9. The van der Waals surface area contributed by atoms with Crippen LogP contribution in [-0.4, -0.2) is 27.9 Å². The Morgan fingerprint density at radius 1 is 1.60 bits per heavy atom. The summed E-state index contributed by atoms with van der Waals surface area (Å²) in [6.45, 7) is 2.55. The third-order valence-electron chi connectivity index (χ3n) is 2.77. The Labute approximate surface area is 96.8 Å². The van der Waals surface area contributed by atoms with E-state index in [-0.39, 0.29) is 5.82 Å². The van der Waals surface area contributed by atoms with Crippen molar-refractivity contribution in [2.24, 2.45) is 0 Å². The van der Waals surface area contributed by atoms with Gasteiger partial charge in [-0.2, -0.15) is 0 Å². The second-order valence-corrected chi connectivity index (χ2v) is 4.39. The zero-order valence-corrected chi connectivity index (χ0v) is 10.2. The molecule has 2 heterocycles. The normalized spacial score (nSPS) is 21.0. The van der Waals surface area contributed by atoms with Gasteiger partial charge in [-0.05, 0) is 19.8 Å². The van der Waals surface area contributed by atoms with Crippen molar-refractivity contribution in [3.63, 3.8) is 0 Å². The second kappa shape index (κ2) is 4.43. The first-order valence-corrected chi connectivity index (χ1v) is 6.16. The van der Waals surface area contributed by atoms with Crippen LogP contribution in [0.4, 0.5) is 10.2 Å². The van der Waals surface area contributed by atoms with Gasteiger partial charge in [0.1, 0.15) is 6.33 Å². The van der Waals surface area contributed by atoms with E-state index in [0.717, 1.165) is 24.7 Å². The molecule has 1 fully saturated rings. The van der Waals surface area contributed by atoms with Gasteiger partial charge in [0.2, 0.25) is 0 Å². The van der Waals surface area contributed by atoms with Crippen molar-refractivity contribution < 1.29 is 4.39 Å². The summed E-state index contributed by atoms with van der Waals surface area (Å²) < 4.78 is 13.8. The van der Waals surface area contributed by atoms with Crippen molar-refractivity contribution in [1.82, 2.24) is 9.97 Å². The summed E-state index contributed by atoms with van der Waals surface area (Å²) in [7, 11) is 0. The van der Waals surface area contributed by atoms with Gasteiger partial charge in [0.25, 0.3) is 0 Å². The summed E-state index contributed by atoms with van der Waals surface area (Å²) in [4.78, 5) is 9.90. The van der Waals surface area contributed by atoms with Crippen LogP contribution in [0.3, 0.4) is 0 Å². The summed E-state index contributed by atoms with van der Waals surface area (Å²) in [6.07, 6.45) is 3.61. The summed E-state index contributed by atoms with van der Waals surface area (Å²) in [5.41, 5.74) is 0.417. The van der Waals surface area contributed by atoms with Crippen molar-refractivity contribution in [3.05, 3.63) is 17.8 Å². The van der Waals surface area contributed by atoms with Gasteiger partial charge in [-0.1, -0.05) is 15.9 Å². The average molecular weight is 274 g/mol. The molecule has 0 aromatic carbocycles. The van der Waals surface area contributed by atoms with Gasteiger partial charge in [0.05, 0.1) is 5.69 Å². The topological polar surface area (TPSA) is 29.0 Å². The van der Waals surface area contributed by atoms with Gasteiger partial charge in [-0.15, -0.1) is 0 Å². The minimum atomic E-state index is -0.287. The Kier molecular flexibility index (Phi) is 3.19. The first-order valence-electron chi connectivity index (χ1n) is 5.03. The third-order valence-corrected chi connectivity index (χ3v) is 3.52. The molecule has 1 atom stereocenters. The van der Waals surface area contributed by atoms with E-state index in [0.29, 0.717) is 17.6 Å². The number of anilines is 1. The van der Waals surface area contributed by atoms with Crippen LogP contribution in [0.2, 0.25) is 0 Å². The highest BCUT2D eigenvalue weighted by molar-refractivity contribution is 9.09. The molecule has 0 saturated carbocycles. The molecule has 2 rings (SSSR count). The maximum atomic E-state index is 13.8. The summed E-state index contributed by atoms with van der Waals surface area (Å²) in [6, 6.07) is 0.355. The SMILES string of the molecule is Cc1ncnc(N2CCCC2CBr)c1F. The third kappa shape index (κ3) is 1.97. The van der Waals surface area contributed by atoms with Crippen molar-refractivity contribution in [2.75, 3.05) is 16.8 Å². The standard InChI is InChI=1S/C10H13BrFN3/c1-7-9(12)10(14-6-13-7)15-4-2-3-8(15)5-11/h6,8H,2-5H2,1H3. The molecule has 0 N–H and O–H groups in total. The molecular weight excluding hydrogens is 261 g/mol. The van der Waals surface area contributed by atoms with Crippen LogP contribution in [0, 0.1) is 12.7 Å². The Morgan fingerprint density at radius 2 is 2.40 bits per heavy atom. The molecule has 0 radical (unpaired) electrons. The highest BCUT2D eigenvalue weighted by Gasteiger charge is 2.27. The van der Waals surface area contributed by atoms with Crippen LogP contribution in [0.15, 0.2) is 6.33 Å². The molecule has 1 saturated heterocycles. The lowest BCUT2D eigenvalue weighted by Crippen LogP contribution is -2.32. The number of aromatic nitrogens is 2. The van der Waals surface area contributed by atoms with Crippen LogP contribution in [0.25, 0.3) is 0 Å². The fraction of sp³-hybridized carbons (Fsp3) is 0.600.